The van der Waals surface area contributed by atoms with E-state index in [1.807, 2.05) is 18.2 Å². The average Bonchev–Trinajstić information content (AvgIpc) is 2.06. The van der Waals surface area contributed by atoms with Crippen LogP contribution in [0.2, 0.25) is 0 Å². The Kier molecular flexibility index (Phi) is 2.65. The minimum Gasteiger partial charge on any atom is -0.317 e. The molecule has 2 heteroatoms. The van der Waals surface area contributed by atoms with Gasteiger partial charge in [0, 0.05) is 18.3 Å². The summed E-state index contributed by atoms with van der Waals surface area (Å²) >= 11 is 0. The Morgan fingerprint density at radius 3 is 3.00 bits per heavy atom. The molecule has 0 aliphatic rings. The van der Waals surface area contributed by atoms with Crippen molar-refractivity contribution in [3.8, 4) is 12.3 Å². The molecule has 0 aliphatic heterocycles. The van der Waals surface area contributed by atoms with Crippen LogP contribution in [0.5, 0.6) is 0 Å². The second-order valence-electron chi connectivity index (χ2n) is 2.30. The maximum atomic E-state index is 5.53. The van der Waals surface area contributed by atoms with Crippen LogP contribution in [0.25, 0.3) is 0 Å². The summed E-state index contributed by atoms with van der Waals surface area (Å²) in [6.45, 7) is 0. The SMILES string of the molecule is C#CC(N)Cc1ccccn1. The summed E-state index contributed by atoms with van der Waals surface area (Å²) in [4.78, 5) is 4.09. The Morgan fingerprint density at radius 1 is 1.64 bits per heavy atom. The molecule has 0 aliphatic carbocycles. The molecule has 1 rings (SSSR count). The van der Waals surface area contributed by atoms with Crippen molar-refractivity contribution in [3.63, 3.8) is 0 Å². The molecule has 2 nitrogen and oxygen atoms in total. The number of nitrogens with two attached hydrogens (primary N) is 1. The Hall–Kier alpha value is -1.33. The van der Waals surface area contributed by atoms with Gasteiger partial charge in [-0.1, -0.05) is 12.0 Å². The molecule has 0 amide bonds. The van der Waals surface area contributed by atoms with Crippen molar-refractivity contribution >= 4 is 0 Å². The first-order valence-electron chi connectivity index (χ1n) is 3.44. The highest BCUT2D eigenvalue weighted by atomic mass is 14.7. The van der Waals surface area contributed by atoms with Crippen LogP contribution < -0.4 is 5.73 Å². The molecule has 0 fully saturated rings. The van der Waals surface area contributed by atoms with E-state index >= 15 is 0 Å². The zero-order chi connectivity index (χ0) is 8.10. The van der Waals surface area contributed by atoms with Gasteiger partial charge in [0.25, 0.3) is 0 Å². The Labute approximate surface area is 66.4 Å². The summed E-state index contributed by atoms with van der Waals surface area (Å²) < 4.78 is 0. The van der Waals surface area contributed by atoms with Crippen LogP contribution in [0.4, 0.5) is 0 Å². The third-order valence-electron chi connectivity index (χ3n) is 1.37. The molecule has 0 aromatic carbocycles. The van der Waals surface area contributed by atoms with Gasteiger partial charge in [-0.2, -0.15) is 0 Å². The first kappa shape index (κ1) is 7.77. The van der Waals surface area contributed by atoms with Gasteiger partial charge in [-0.05, 0) is 12.1 Å². The number of nitrogens with zero attached hydrogens (tertiary/aromatic N) is 1. The van der Waals surface area contributed by atoms with Gasteiger partial charge >= 0.3 is 0 Å². The molecule has 1 heterocycles. The normalized spacial score (nSPS) is 12.0. The lowest BCUT2D eigenvalue weighted by Gasteiger charge is -2.01. The number of pyridine rings is 1. The molecule has 1 aromatic rings. The largest absolute Gasteiger partial charge is 0.317 e. The summed E-state index contributed by atoms with van der Waals surface area (Å²) in [5.41, 5.74) is 6.47. The fourth-order valence-electron chi connectivity index (χ4n) is 0.803. The number of aromatic nitrogens is 1. The van der Waals surface area contributed by atoms with Crippen molar-refractivity contribution in [1.29, 1.82) is 0 Å². The lowest BCUT2D eigenvalue weighted by Crippen LogP contribution is -2.20. The third kappa shape index (κ3) is 2.40. The van der Waals surface area contributed by atoms with E-state index in [9.17, 15) is 0 Å². The molecule has 2 N–H and O–H groups in total. The van der Waals surface area contributed by atoms with Crippen molar-refractivity contribution in [3.05, 3.63) is 30.1 Å². The number of terminal acetylenes is 1. The average molecular weight is 146 g/mol. The molecule has 0 saturated heterocycles. The summed E-state index contributed by atoms with van der Waals surface area (Å²) in [5.74, 6) is 2.45. The molecule has 1 atom stereocenters. The molecular weight excluding hydrogens is 136 g/mol. The van der Waals surface area contributed by atoms with Crippen molar-refractivity contribution in [2.45, 2.75) is 12.5 Å². The minimum absolute atomic E-state index is 0.218. The van der Waals surface area contributed by atoms with Gasteiger partial charge in [0.1, 0.15) is 0 Å². The number of rotatable bonds is 2. The first-order chi connectivity index (χ1) is 5.33. The number of hydrogen-bond acceptors (Lipinski definition) is 2. The van der Waals surface area contributed by atoms with Crippen LogP contribution in [0.1, 0.15) is 5.69 Å². The molecule has 0 spiro atoms. The quantitative estimate of drug-likeness (QED) is 0.620. The molecule has 1 unspecified atom stereocenters. The van der Waals surface area contributed by atoms with E-state index in [1.165, 1.54) is 0 Å². The predicted octanol–water partition coefficient (Wildman–Crippen LogP) is 0.585. The molecule has 11 heavy (non-hydrogen) atoms. The van der Waals surface area contributed by atoms with E-state index in [0.717, 1.165) is 5.69 Å². The van der Waals surface area contributed by atoms with Crippen molar-refractivity contribution < 1.29 is 0 Å². The van der Waals surface area contributed by atoms with Crippen LogP contribution in [0.3, 0.4) is 0 Å². The van der Waals surface area contributed by atoms with E-state index < -0.39 is 0 Å². The van der Waals surface area contributed by atoms with Gasteiger partial charge in [-0.3, -0.25) is 4.98 Å². The summed E-state index contributed by atoms with van der Waals surface area (Å²) in [5, 5.41) is 0. The summed E-state index contributed by atoms with van der Waals surface area (Å²) in [6.07, 6.45) is 7.50. The highest BCUT2D eigenvalue weighted by Crippen LogP contribution is 1.95. The fraction of sp³-hybridized carbons (Fsp3) is 0.222. The van der Waals surface area contributed by atoms with Crippen LogP contribution >= 0.6 is 0 Å². The van der Waals surface area contributed by atoms with E-state index in [0.29, 0.717) is 6.42 Å². The Bertz CT molecular complexity index is 248. The monoisotopic (exact) mass is 146 g/mol. The van der Waals surface area contributed by atoms with Gasteiger partial charge in [-0.15, -0.1) is 6.42 Å². The number of hydrogen-bond donors (Lipinski definition) is 1. The van der Waals surface area contributed by atoms with Crippen LogP contribution in [-0.4, -0.2) is 11.0 Å². The molecular formula is C9H10N2. The van der Waals surface area contributed by atoms with Gasteiger partial charge < -0.3 is 5.73 Å². The molecule has 56 valence electrons. The Balaban J connectivity index is 2.60. The topological polar surface area (TPSA) is 38.9 Å². The van der Waals surface area contributed by atoms with E-state index in [4.69, 9.17) is 12.2 Å². The maximum absolute atomic E-state index is 5.53. The second-order valence-corrected chi connectivity index (χ2v) is 2.30. The van der Waals surface area contributed by atoms with Gasteiger partial charge in [0.2, 0.25) is 0 Å². The molecule has 0 bridgehead atoms. The van der Waals surface area contributed by atoms with Gasteiger partial charge in [-0.25, -0.2) is 0 Å². The van der Waals surface area contributed by atoms with E-state index in [1.54, 1.807) is 6.20 Å². The molecule has 0 radical (unpaired) electrons. The molecule has 1 aromatic heterocycles. The zero-order valence-corrected chi connectivity index (χ0v) is 6.20. The maximum Gasteiger partial charge on any atom is 0.0717 e. The standard InChI is InChI=1S/C9H10N2/c1-2-8(10)7-9-5-3-4-6-11-9/h1,3-6,8H,7,10H2. The lowest BCUT2D eigenvalue weighted by molar-refractivity contribution is 0.811. The summed E-state index contributed by atoms with van der Waals surface area (Å²) in [6, 6.07) is 5.48. The zero-order valence-electron chi connectivity index (χ0n) is 6.20. The van der Waals surface area contributed by atoms with Crippen molar-refractivity contribution in [2.24, 2.45) is 5.73 Å². The van der Waals surface area contributed by atoms with Gasteiger partial charge in [0.15, 0.2) is 0 Å². The fourth-order valence-corrected chi connectivity index (χ4v) is 0.803. The van der Waals surface area contributed by atoms with E-state index in [2.05, 4.69) is 10.9 Å². The van der Waals surface area contributed by atoms with Crippen molar-refractivity contribution in [2.75, 3.05) is 0 Å². The van der Waals surface area contributed by atoms with Crippen molar-refractivity contribution in [1.82, 2.24) is 4.98 Å². The molecule has 0 saturated carbocycles. The highest BCUT2D eigenvalue weighted by molar-refractivity contribution is 5.09. The van der Waals surface area contributed by atoms with Crippen LogP contribution in [0.15, 0.2) is 24.4 Å². The first-order valence-corrected chi connectivity index (χ1v) is 3.44. The highest BCUT2D eigenvalue weighted by Gasteiger charge is 1.98. The minimum atomic E-state index is -0.218. The van der Waals surface area contributed by atoms with E-state index in [-0.39, 0.29) is 6.04 Å². The van der Waals surface area contributed by atoms with Crippen LogP contribution in [-0.2, 0) is 6.42 Å². The smallest absolute Gasteiger partial charge is 0.0717 e. The Morgan fingerprint density at radius 2 is 2.45 bits per heavy atom. The van der Waals surface area contributed by atoms with Gasteiger partial charge in [0.05, 0.1) is 6.04 Å². The third-order valence-corrected chi connectivity index (χ3v) is 1.37. The van der Waals surface area contributed by atoms with Crippen LogP contribution in [0, 0.1) is 12.3 Å². The summed E-state index contributed by atoms with van der Waals surface area (Å²) in [7, 11) is 0. The second kappa shape index (κ2) is 3.75. The lowest BCUT2D eigenvalue weighted by atomic mass is 10.2. The predicted molar refractivity (Wildman–Crippen MR) is 44.7 cm³/mol.